The fourth-order valence-electron chi connectivity index (χ4n) is 2.11. The van der Waals surface area contributed by atoms with Crippen LogP contribution in [0.2, 0.25) is 5.02 Å². The van der Waals surface area contributed by atoms with E-state index in [0.29, 0.717) is 15.9 Å². The van der Waals surface area contributed by atoms with E-state index in [1.807, 2.05) is 25.1 Å². The summed E-state index contributed by atoms with van der Waals surface area (Å²) in [6.07, 6.45) is 0. The molecule has 8 heteroatoms. The Kier molecular flexibility index (Phi) is 4.18. The summed E-state index contributed by atoms with van der Waals surface area (Å²) in [7, 11) is -2.33. The summed E-state index contributed by atoms with van der Waals surface area (Å²) in [5.74, 6) is 0.301. The summed E-state index contributed by atoms with van der Waals surface area (Å²) < 4.78 is 33.5. The molecule has 3 aromatic rings. The molecular weight excluding hydrogens is 356 g/mol. The average Bonchev–Trinajstić information content (AvgIpc) is 2.90. The van der Waals surface area contributed by atoms with Crippen molar-refractivity contribution in [2.45, 2.75) is 11.8 Å². The molecule has 0 bridgehead atoms. The first-order valence-corrected chi connectivity index (χ1v) is 9.31. The monoisotopic (exact) mass is 368 g/mol. The van der Waals surface area contributed by atoms with E-state index in [0.717, 1.165) is 15.8 Å². The van der Waals surface area contributed by atoms with Crippen molar-refractivity contribution in [2.75, 3.05) is 11.8 Å². The normalized spacial score (nSPS) is 11.6. The number of hydrogen-bond acceptors (Lipinski definition) is 5. The number of sulfonamides is 1. The number of benzene rings is 2. The zero-order valence-corrected chi connectivity index (χ0v) is 14.7. The van der Waals surface area contributed by atoms with Gasteiger partial charge in [-0.3, -0.25) is 4.72 Å². The van der Waals surface area contributed by atoms with Gasteiger partial charge in [-0.1, -0.05) is 35.1 Å². The molecule has 1 heterocycles. The predicted octanol–water partition coefficient (Wildman–Crippen LogP) is 4.07. The predicted molar refractivity (Wildman–Crippen MR) is 93.2 cm³/mol. The van der Waals surface area contributed by atoms with Crippen LogP contribution in [0.3, 0.4) is 0 Å². The molecule has 0 saturated heterocycles. The van der Waals surface area contributed by atoms with Crippen LogP contribution in [0.15, 0.2) is 41.3 Å². The van der Waals surface area contributed by atoms with Gasteiger partial charge in [0.15, 0.2) is 5.13 Å². The first-order valence-electron chi connectivity index (χ1n) is 6.63. The molecule has 0 atom stereocenters. The Morgan fingerprint density at radius 1 is 1.26 bits per heavy atom. The quantitative estimate of drug-likeness (QED) is 0.753. The van der Waals surface area contributed by atoms with Crippen LogP contribution in [0.25, 0.3) is 10.2 Å². The smallest absolute Gasteiger partial charge is 0.263 e. The number of fused-ring (bicyclic) bond motifs is 1. The number of halogens is 1. The Balaban J connectivity index is 1.98. The average molecular weight is 369 g/mol. The molecule has 0 saturated carbocycles. The van der Waals surface area contributed by atoms with E-state index in [-0.39, 0.29) is 4.90 Å². The lowest BCUT2D eigenvalue weighted by Crippen LogP contribution is -2.12. The third kappa shape index (κ3) is 3.12. The highest BCUT2D eigenvalue weighted by Gasteiger charge is 2.18. The molecule has 2 aromatic carbocycles. The van der Waals surface area contributed by atoms with Crippen molar-refractivity contribution in [1.29, 1.82) is 0 Å². The van der Waals surface area contributed by atoms with E-state index in [1.54, 1.807) is 0 Å². The fourth-order valence-corrected chi connectivity index (χ4v) is 4.50. The highest BCUT2D eigenvalue weighted by Crippen LogP contribution is 2.31. The molecule has 3 rings (SSSR count). The number of nitrogens with one attached hydrogen (secondary N) is 1. The zero-order chi connectivity index (χ0) is 16.6. The van der Waals surface area contributed by atoms with Gasteiger partial charge in [0.05, 0.1) is 27.2 Å². The summed E-state index contributed by atoms with van der Waals surface area (Å²) >= 11 is 7.21. The van der Waals surface area contributed by atoms with Gasteiger partial charge >= 0.3 is 0 Å². The molecule has 0 amide bonds. The van der Waals surface area contributed by atoms with Gasteiger partial charge in [-0.2, -0.15) is 0 Å². The fraction of sp³-hybridized carbons (Fsp3) is 0.133. The molecule has 0 aliphatic heterocycles. The maximum atomic E-state index is 12.5. The number of aromatic nitrogens is 1. The number of para-hydroxylation sites is 1. The van der Waals surface area contributed by atoms with Gasteiger partial charge < -0.3 is 4.74 Å². The second-order valence-electron chi connectivity index (χ2n) is 4.84. The summed E-state index contributed by atoms with van der Waals surface area (Å²) in [4.78, 5) is 4.42. The molecule has 5 nitrogen and oxygen atoms in total. The molecule has 0 spiro atoms. The van der Waals surface area contributed by atoms with Gasteiger partial charge in [0.25, 0.3) is 10.0 Å². The number of anilines is 1. The van der Waals surface area contributed by atoms with Crippen molar-refractivity contribution < 1.29 is 13.2 Å². The molecule has 23 heavy (non-hydrogen) atoms. The Labute approximate surface area is 142 Å². The maximum Gasteiger partial charge on any atom is 0.263 e. The summed E-state index contributed by atoms with van der Waals surface area (Å²) in [5, 5.41) is 0.672. The minimum absolute atomic E-state index is 0.0646. The lowest BCUT2D eigenvalue weighted by Gasteiger charge is -2.08. The van der Waals surface area contributed by atoms with Gasteiger partial charge in [0.1, 0.15) is 5.75 Å². The molecular formula is C15H13ClN2O3S2. The molecule has 1 N–H and O–H groups in total. The van der Waals surface area contributed by atoms with Crippen LogP contribution >= 0.6 is 22.9 Å². The van der Waals surface area contributed by atoms with Crippen molar-refractivity contribution in [3.8, 4) is 5.75 Å². The zero-order valence-electron chi connectivity index (χ0n) is 12.3. The molecule has 0 fully saturated rings. The summed E-state index contributed by atoms with van der Waals surface area (Å²) in [6.45, 7) is 1.93. The number of aryl methyl sites for hydroxylation is 1. The van der Waals surface area contributed by atoms with E-state index in [4.69, 9.17) is 16.3 Å². The van der Waals surface area contributed by atoms with E-state index in [2.05, 4.69) is 9.71 Å². The largest absolute Gasteiger partial charge is 0.495 e. The van der Waals surface area contributed by atoms with Crippen LogP contribution in [-0.2, 0) is 10.0 Å². The third-order valence-corrected chi connectivity index (χ3v) is 5.99. The van der Waals surface area contributed by atoms with Crippen molar-refractivity contribution in [2.24, 2.45) is 0 Å². The molecule has 120 valence electrons. The number of ether oxygens (including phenoxy) is 1. The molecule has 1 aromatic heterocycles. The van der Waals surface area contributed by atoms with Gasteiger partial charge in [-0.15, -0.1) is 0 Å². The number of methoxy groups -OCH3 is 1. The number of rotatable bonds is 4. The van der Waals surface area contributed by atoms with E-state index < -0.39 is 10.0 Å². The molecule has 0 unspecified atom stereocenters. The van der Waals surface area contributed by atoms with E-state index in [1.165, 1.54) is 36.6 Å². The second-order valence-corrected chi connectivity index (χ2v) is 7.96. The summed E-state index contributed by atoms with van der Waals surface area (Å²) in [5.41, 5.74) is 1.79. The van der Waals surface area contributed by atoms with Gasteiger partial charge in [0, 0.05) is 6.07 Å². The highest BCUT2D eigenvalue weighted by atomic mass is 35.5. The van der Waals surface area contributed by atoms with E-state index >= 15 is 0 Å². The van der Waals surface area contributed by atoms with Crippen LogP contribution in [0.5, 0.6) is 5.75 Å². The highest BCUT2D eigenvalue weighted by molar-refractivity contribution is 7.93. The van der Waals surface area contributed by atoms with Crippen LogP contribution in [0.4, 0.5) is 5.13 Å². The van der Waals surface area contributed by atoms with Crippen LogP contribution in [-0.4, -0.2) is 20.5 Å². The third-order valence-electron chi connectivity index (χ3n) is 3.28. The van der Waals surface area contributed by atoms with Crippen molar-refractivity contribution in [3.05, 3.63) is 47.0 Å². The van der Waals surface area contributed by atoms with Crippen molar-refractivity contribution >= 4 is 48.3 Å². The topological polar surface area (TPSA) is 68.3 Å². The standard InChI is InChI=1S/C15H13ClN2O3S2/c1-9-4-3-5-13-14(9)17-15(22-13)18-23(19,20)10-6-7-11(16)12(8-10)21-2/h3-8H,1-2H3,(H,17,18). The van der Waals surface area contributed by atoms with Gasteiger partial charge in [0.2, 0.25) is 0 Å². The first kappa shape index (κ1) is 16.0. The lowest BCUT2D eigenvalue weighted by molar-refractivity contribution is 0.413. The minimum atomic E-state index is -3.76. The van der Waals surface area contributed by atoms with Crippen LogP contribution in [0.1, 0.15) is 5.56 Å². The molecule has 0 aliphatic carbocycles. The SMILES string of the molecule is COc1cc(S(=O)(=O)Nc2nc3c(C)cccc3s2)ccc1Cl. The molecule has 0 radical (unpaired) electrons. The first-order chi connectivity index (χ1) is 10.9. The Morgan fingerprint density at radius 3 is 2.74 bits per heavy atom. The second kappa shape index (κ2) is 5.99. The summed E-state index contributed by atoms with van der Waals surface area (Å²) in [6, 6.07) is 10.0. The lowest BCUT2D eigenvalue weighted by atomic mass is 10.2. The molecule has 0 aliphatic rings. The van der Waals surface area contributed by atoms with Crippen LogP contribution < -0.4 is 9.46 Å². The Hall–Kier alpha value is -1.83. The number of hydrogen-bond donors (Lipinski definition) is 1. The van der Waals surface area contributed by atoms with E-state index in [9.17, 15) is 8.42 Å². The minimum Gasteiger partial charge on any atom is -0.495 e. The maximum absolute atomic E-state index is 12.5. The number of thiazole rings is 1. The van der Waals surface area contributed by atoms with Crippen molar-refractivity contribution in [1.82, 2.24) is 4.98 Å². The van der Waals surface area contributed by atoms with Gasteiger partial charge in [-0.05, 0) is 30.7 Å². The Bertz CT molecular complexity index is 984. The number of nitrogens with zero attached hydrogens (tertiary/aromatic N) is 1. The van der Waals surface area contributed by atoms with Crippen molar-refractivity contribution in [3.63, 3.8) is 0 Å². The van der Waals surface area contributed by atoms with Crippen LogP contribution in [0, 0.1) is 6.92 Å². The van der Waals surface area contributed by atoms with Gasteiger partial charge in [-0.25, -0.2) is 13.4 Å². The Morgan fingerprint density at radius 2 is 2.04 bits per heavy atom.